The van der Waals surface area contributed by atoms with Gasteiger partial charge in [0.2, 0.25) is 0 Å². The van der Waals surface area contributed by atoms with Gasteiger partial charge in [-0.25, -0.2) is 15.0 Å². The van der Waals surface area contributed by atoms with Crippen LogP contribution in [0.4, 0.5) is 5.82 Å². The first-order valence-corrected chi connectivity index (χ1v) is 12.9. The molecular weight excluding hydrogens is 458 g/mol. The normalized spacial score (nSPS) is 13.2. The molecule has 37 heavy (non-hydrogen) atoms. The molecule has 0 radical (unpaired) electrons. The molecule has 1 aliphatic rings. The molecule has 7 heteroatoms. The molecule has 2 aromatic heterocycles. The van der Waals surface area contributed by atoms with Crippen LogP contribution in [-0.4, -0.2) is 50.0 Å². The summed E-state index contributed by atoms with van der Waals surface area (Å²) in [5.41, 5.74) is 14.0. The van der Waals surface area contributed by atoms with Crippen LogP contribution in [0.2, 0.25) is 0 Å². The Hall–Kier alpha value is -4.13. The summed E-state index contributed by atoms with van der Waals surface area (Å²) in [6.45, 7) is 2.62. The van der Waals surface area contributed by atoms with Gasteiger partial charge >= 0.3 is 0 Å². The lowest BCUT2D eigenvalue weighted by Gasteiger charge is -2.25. The first-order valence-electron chi connectivity index (χ1n) is 12.9. The van der Waals surface area contributed by atoms with E-state index in [2.05, 4.69) is 106 Å². The number of nitrogen functional groups attached to an aromatic ring is 1. The fourth-order valence-corrected chi connectivity index (χ4v) is 4.70. The van der Waals surface area contributed by atoms with E-state index >= 15 is 0 Å². The van der Waals surface area contributed by atoms with Gasteiger partial charge in [-0.15, -0.1) is 0 Å². The van der Waals surface area contributed by atoms with Crippen LogP contribution in [0.15, 0.2) is 85.2 Å². The number of allylic oxidation sites excluding steroid dienone is 1. The van der Waals surface area contributed by atoms with Crippen molar-refractivity contribution in [2.24, 2.45) is 0 Å². The predicted molar refractivity (Wildman–Crippen MR) is 150 cm³/mol. The van der Waals surface area contributed by atoms with E-state index in [0.29, 0.717) is 17.9 Å². The Kier molecular flexibility index (Phi) is 7.49. The van der Waals surface area contributed by atoms with Crippen LogP contribution in [0.1, 0.15) is 35.1 Å². The molecule has 2 N–H and O–H groups in total. The molecule has 2 aromatic carbocycles. The number of hydrogen-bond donors (Lipinski definition) is 1. The van der Waals surface area contributed by atoms with Crippen molar-refractivity contribution in [1.29, 1.82) is 0 Å². The number of benzene rings is 2. The summed E-state index contributed by atoms with van der Waals surface area (Å²) in [6, 6.07) is 18.0. The number of hydrogen-bond acceptors (Lipinski definition) is 6. The van der Waals surface area contributed by atoms with Crippen molar-refractivity contribution in [2.75, 3.05) is 26.4 Å². The second-order valence-electron chi connectivity index (χ2n) is 9.91. The van der Waals surface area contributed by atoms with Gasteiger partial charge in [-0.05, 0) is 60.1 Å². The first-order chi connectivity index (χ1) is 18.0. The molecular formula is C30H35N7. The van der Waals surface area contributed by atoms with Gasteiger partial charge in [0.25, 0.3) is 0 Å². The molecule has 0 fully saturated rings. The van der Waals surface area contributed by atoms with Crippen LogP contribution in [0.5, 0.6) is 0 Å². The van der Waals surface area contributed by atoms with Crippen LogP contribution < -0.4 is 5.73 Å². The Bertz CT molecular complexity index is 1380. The molecule has 190 valence electrons. The van der Waals surface area contributed by atoms with E-state index in [-0.39, 0.29) is 0 Å². The highest BCUT2D eigenvalue weighted by molar-refractivity contribution is 5.81. The third-order valence-electron chi connectivity index (χ3n) is 6.90. The van der Waals surface area contributed by atoms with Gasteiger partial charge in [-0.2, -0.15) is 0 Å². The van der Waals surface area contributed by atoms with Gasteiger partial charge in [-0.3, -0.25) is 0 Å². The van der Waals surface area contributed by atoms with Crippen molar-refractivity contribution in [1.82, 2.24) is 29.3 Å². The Morgan fingerprint density at radius 3 is 2.03 bits per heavy atom. The average Bonchev–Trinajstić information content (AvgIpc) is 3.33. The number of rotatable bonds is 10. The summed E-state index contributed by atoms with van der Waals surface area (Å²) in [4.78, 5) is 17.2. The number of fused-ring (bicyclic) bond motifs is 1. The lowest BCUT2D eigenvalue weighted by Crippen LogP contribution is -2.22. The van der Waals surface area contributed by atoms with E-state index < -0.39 is 0 Å². The molecule has 3 heterocycles. The quantitative estimate of drug-likeness (QED) is 0.320. The molecule has 0 saturated carbocycles. The summed E-state index contributed by atoms with van der Waals surface area (Å²) in [7, 11) is 4.17. The Labute approximate surface area is 219 Å². The van der Waals surface area contributed by atoms with Crippen LogP contribution in [0, 0.1) is 0 Å². The van der Waals surface area contributed by atoms with Gasteiger partial charge in [0.1, 0.15) is 11.8 Å². The van der Waals surface area contributed by atoms with E-state index in [4.69, 9.17) is 5.73 Å². The molecule has 4 aromatic rings. The van der Waals surface area contributed by atoms with Crippen molar-refractivity contribution in [2.45, 2.75) is 38.8 Å². The highest BCUT2D eigenvalue weighted by Gasteiger charge is 2.09. The van der Waals surface area contributed by atoms with E-state index in [9.17, 15) is 0 Å². The minimum atomic E-state index is 0.418. The largest absolute Gasteiger partial charge is 0.382 e. The van der Waals surface area contributed by atoms with E-state index in [1.165, 1.54) is 47.1 Å². The van der Waals surface area contributed by atoms with Crippen molar-refractivity contribution >= 4 is 17.0 Å². The Balaban J connectivity index is 1.05. The van der Waals surface area contributed by atoms with Gasteiger partial charge in [-0.1, -0.05) is 48.5 Å². The zero-order chi connectivity index (χ0) is 25.6. The third-order valence-corrected chi connectivity index (χ3v) is 6.90. The van der Waals surface area contributed by atoms with E-state index in [0.717, 1.165) is 31.6 Å². The smallest absolute Gasteiger partial charge is 0.165 e. The summed E-state index contributed by atoms with van der Waals surface area (Å²) in [6.07, 6.45) is 14.5. The zero-order valence-electron chi connectivity index (χ0n) is 21.7. The second kappa shape index (κ2) is 11.3. The fourth-order valence-electron chi connectivity index (χ4n) is 4.70. The van der Waals surface area contributed by atoms with Crippen molar-refractivity contribution in [3.05, 3.63) is 107 Å². The number of imidazole rings is 1. The summed E-state index contributed by atoms with van der Waals surface area (Å²) in [5, 5.41) is 0. The van der Waals surface area contributed by atoms with Crippen molar-refractivity contribution in [3.8, 4) is 0 Å². The minimum Gasteiger partial charge on any atom is -0.382 e. The number of unbranched alkanes of at least 4 members (excludes halogenated alkanes) is 1. The zero-order valence-corrected chi connectivity index (χ0v) is 21.7. The molecule has 1 aliphatic heterocycles. The number of likely N-dealkylation sites (N-methyl/N-ethyl adjacent to an activating group) is 1. The lowest BCUT2D eigenvalue weighted by molar-refractivity contribution is 0.392. The van der Waals surface area contributed by atoms with E-state index in [1.54, 1.807) is 6.33 Å². The maximum Gasteiger partial charge on any atom is 0.165 e. The molecule has 0 bridgehead atoms. The number of anilines is 1. The Morgan fingerprint density at radius 1 is 0.811 bits per heavy atom. The number of aryl methyl sites for hydroxylation is 2. The van der Waals surface area contributed by atoms with Gasteiger partial charge in [0, 0.05) is 39.1 Å². The maximum absolute atomic E-state index is 5.90. The standard InChI is InChI=1S/C30H35N7/c1-35(2)27-15-17-36(18-16-27)19-25-11-7-23(8-12-25)5-3-4-6-24-9-13-26(14-10-24)20-37-22-34-28-29(31)32-21-33-30(28)37/h7-17,21-22H,3-6,18-20H2,1-2H3,(H2,31,32,33). The molecule has 0 saturated heterocycles. The van der Waals surface area contributed by atoms with E-state index in [1.807, 2.05) is 4.57 Å². The maximum atomic E-state index is 5.90. The third kappa shape index (κ3) is 6.17. The SMILES string of the molecule is CN(C)C1=CCN(Cc2ccc(CCCCc3ccc(Cn4cnc5c(N)ncnc54)cc3)cc2)C=C1. The van der Waals surface area contributed by atoms with Gasteiger partial charge < -0.3 is 20.1 Å². The molecule has 5 rings (SSSR count). The first kappa shape index (κ1) is 24.6. The van der Waals surface area contributed by atoms with Crippen LogP contribution in [-0.2, 0) is 25.9 Å². The molecule has 7 nitrogen and oxygen atoms in total. The molecule has 0 atom stereocenters. The average molecular weight is 494 g/mol. The molecule has 0 unspecified atom stereocenters. The van der Waals surface area contributed by atoms with Crippen LogP contribution in [0.3, 0.4) is 0 Å². The van der Waals surface area contributed by atoms with Gasteiger partial charge in [0.15, 0.2) is 11.5 Å². The van der Waals surface area contributed by atoms with Crippen molar-refractivity contribution in [3.63, 3.8) is 0 Å². The number of nitrogens with zero attached hydrogens (tertiary/aromatic N) is 6. The Morgan fingerprint density at radius 2 is 1.43 bits per heavy atom. The fraction of sp³-hybridized carbons (Fsp3) is 0.300. The van der Waals surface area contributed by atoms with Gasteiger partial charge in [0.05, 0.1) is 12.9 Å². The topological polar surface area (TPSA) is 76.1 Å². The highest BCUT2D eigenvalue weighted by atomic mass is 15.1. The number of aromatic nitrogens is 4. The summed E-state index contributed by atoms with van der Waals surface area (Å²) < 4.78 is 2.01. The predicted octanol–water partition coefficient (Wildman–Crippen LogP) is 4.80. The number of nitrogens with two attached hydrogens (primary N) is 1. The minimum absolute atomic E-state index is 0.418. The molecule has 0 amide bonds. The molecule has 0 spiro atoms. The lowest BCUT2D eigenvalue weighted by atomic mass is 10.0. The monoisotopic (exact) mass is 493 g/mol. The second-order valence-corrected chi connectivity index (χ2v) is 9.91. The summed E-state index contributed by atoms with van der Waals surface area (Å²) in [5.74, 6) is 0.418. The highest BCUT2D eigenvalue weighted by Crippen LogP contribution is 2.18. The van der Waals surface area contributed by atoms with Crippen molar-refractivity contribution < 1.29 is 0 Å². The van der Waals surface area contributed by atoms with Crippen LogP contribution in [0.25, 0.3) is 11.2 Å². The molecule has 0 aliphatic carbocycles. The van der Waals surface area contributed by atoms with Crippen LogP contribution >= 0.6 is 0 Å². The summed E-state index contributed by atoms with van der Waals surface area (Å²) >= 11 is 0.